The zero-order chi connectivity index (χ0) is 13.9. The van der Waals surface area contributed by atoms with Crippen LogP contribution in [0.25, 0.3) is 0 Å². The van der Waals surface area contributed by atoms with E-state index in [-0.39, 0.29) is 6.04 Å². The van der Waals surface area contributed by atoms with Crippen molar-refractivity contribution in [1.82, 2.24) is 10.5 Å². The van der Waals surface area contributed by atoms with Crippen LogP contribution < -0.4 is 11.1 Å². The van der Waals surface area contributed by atoms with Crippen molar-refractivity contribution in [1.29, 1.82) is 0 Å². The van der Waals surface area contributed by atoms with Crippen molar-refractivity contribution in [3.05, 3.63) is 17.0 Å². The summed E-state index contributed by atoms with van der Waals surface area (Å²) < 4.78 is 5.00. The van der Waals surface area contributed by atoms with Gasteiger partial charge in [-0.3, -0.25) is 9.59 Å². The normalized spacial score (nSPS) is 14.0. The van der Waals surface area contributed by atoms with Gasteiger partial charge in [0.15, 0.2) is 0 Å². The van der Waals surface area contributed by atoms with E-state index in [2.05, 4.69) is 10.5 Å². The molecule has 2 unspecified atom stereocenters. The topological polar surface area (TPSA) is 118 Å². The molecular weight excluding hydrogens is 238 g/mol. The van der Waals surface area contributed by atoms with Gasteiger partial charge in [0, 0.05) is 5.56 Å². The van der Waals surface area contributed by atoms with Gasteiger partial charge in [-0.1, -0.05) is 5.16 Å². The van der Waals surface area contributed by atoms with E-state index in [0.717, 1.165) is 5.56 Å². The molecule has 7 heteroatoms. The standard InChI is InChI=1S/C11H17N3O4/c1-5(10-6(2)14-18-7(10)3)13-11(17)8(12)4-9(15)16/h5,8H,4,12H2,1-3H3,(H,13,17)(H,15,16). The van der Waals surface area contributed by atoms with Crippen LogP contribution in [0.1, 0.15) is 36.4 Å². The molecule has 1 amide bonds. The number of amides is 1. The fourth-order valence-corrected chi connectivity index (χ4v) is 1.78. The van der Waals surface area contributed by atoms with Gasteiger partial charge >= 0.3 is 5.97 Å². The van der Waals surface area contributed by atoms with Crippen LogP contribution in [-0.2, 0) is 9.59 Å². The summed E-state index contributed by atoms with van der Waals surface area (Å²) in [5.41, 5.74) is 6.93. The second-order valence-corrected chi connectivity index (χ2v) is 4.17. The number of carbonyl (C=O) groups excluding carboxylic acids is 1. The number of nitrogens with one attached hydrogen (secondary N) is 1. The van der Waals surface area contributed by atoms with Crippen LogP contribution >= 0.6 is 0 Å². The zero-order valence-electron chi connectivity index (χ0n) is 10.6. The third-order valence-corrected chi connectivity index (χ3v) is 2.61. The highest BCUT2D eigenvalue weighted by Gasteiger charge is 2.22. The summed E-state index contributed by atoms with van der Waals surface area (Å²) in [6.45, 7) is 5.28. The van der Waals surface area contributed by atoms with Crippen LogP contribution in [0.15, 0.2) is 4.52 Å². The van der Waals surface area contributed by atoms with Crippen LogP contribution in [0.3, 0.4) is 0 Å². The number of aryl methyl sites for hydroxylation is 2. The summed E-state index contributed by atoms with van der Waals surface area (Å²) >= 11 is 0. The number of nitrogens with two attached hydrogens (primary N) is 1. The van der Waals surface area contributed by atoms with Crippen LogP contribution in [0, 0.1) is 13.8 Å². The van der Waals surface area contributed by atoms with Crippen LogP contribution in [-0.4, -0.2) is 28.2 Å². The molecule has 100 valence electrons. The molecule has 0 aliphatic heterocycles. The van der Waals surface area contributed by atoms with Crippen molar-refractivity contribution in [2.24, 2.45) is 5.73 Å². The van der Waals surface area contributed by atoms with E-state index < -0.39 is 24.3 Å². The Morgan fingerprint density at radius 2 is 2.11 bits per heavy atom. The lowest BCUT2D eigenvalue weighted by atomic mass is 10.1. The number of carbonyl (C=O) groups is 2. The number of hydrogen-bond acceptors (Lipinski definition) is 5. The van der Waals surface area contributed by atoms with Gasteiger partial charge < -0.3 is 20.7 Å². The van der Waals surface area contributed by atoms with E-state index in [4.69, 9.17) is 15.4 Å². The highest BCUT2D eigenvalue weighted by atomic mass is 16.5. The van der Waals surface area contributed by atoms with Gasteiger partial charge in [0.05, 0.1) is 24.2 Å². The molecule has 0 aliphatic rings. The number of hydrogen-bond donors (Lipinski definition) is 3. The molecule has 7 nitrogen and oxygen atoms in total. The van der Waals surface area contributed by atoms with Gasteiger partial charge in [-0.05, 0) is 20.8 Å². The Labute approximate surface area is 104 Å². The minimum atomic E-state index is -1.11. The number of carboxylic acid groups (broad SMARTS) is 1. The first-order valence-corrected chi connectivity index (χ1v) is 5.53. The number of nitrogens with zero attached hydrogens (tertiary/aromatic N) is 1. The predicted molar refractivity (Wildman–Crippen MR) is 62.8 cm³/mol. The predicted octanol–water partition coefficient (Wildman–Crippen LogP) is 0.271. The van der Waals surface area contributed by atoms with Gasteiger partial charge in [-0.15, -0.1) is 0 Å². The maximum absolute atomic E-state index is 11.7. The third kappa shape index (κ3) is 3.30. The van der Waals surface area contributed by atoms with Crippen molar-refractivity contribution in [3.8, 4) is 0 Å². The largest absolute Gasteiger partial charge is 0.481 e. The van der Waals surface area contributed by atoms with Gasteiger partial charge in [0.1, 0.15) is 5.76 Å². The Kier molecular flexibility index (Phi) is 4.43. The van der Waals surface area contributed by atoms with E-state index in [0.29, 0.717) is 11.5 Å². The molecule has 0 saturated carbocycles. The van der Waals surface area contributed by atoms with Gasteiger partial charge in [-0.25, -0.2) is 0 Å². The summed E-state index contributed by atoms with van der Waals surface area (Å²) in [6, 6.07) is -1.39. The Morgan fingerprint density at radius 1 is 1.50 bits per heavy atom. The molecule has 0 aromatic carbocycles. The van der Waals surface area contributed by atoms with Crippen molar-refractivity contribution in [2.45, 2.75) is 39.3 Å². The first-order valence-electron chi connectivity index (χ1n) is 5.53. The fourth-order valence-electron chi connectivity index (χ4n) is 1.78. The summed E-state index contributed by atoms with van der Waals surface area (Å²) in [5.74, 6) is -1.00. The lowest BCUT2D eigenvalue weighted by molar-refractivity contribution is -0.139. The molecule has 0 aliphatic carbocycles. The first-order chi connectivity index (χ1) is 8.32. The molecule has 0 spiro atoms. The van der Waals surface area contributed by atoms with E-state index in [9.17, 15) is 9.59 Å². The van der Waals surface area contributed by atoms with Crippen LogP contribution in [0.5, 0.6) is 0 Å². The van der Waals surface area contributed by atoms with Crippen molar-refractivity contribution < 1.29 is 19.2 Å². The number of carboxylic acids is 1. The summed E-state index contributed by atoms with van der Waals surface area (Å²) in [6.07, 6.45) is -0.403. The van der Waals surface area contributed by atoms with E-state index in [1.807, 2.05) is 0 Å². The van der Waals surface area contributed by atoms with E-state index in [1.165, 1.54) is 0 Å². The summed E-state index contributed by atoms with van der Waals surface area (Å²) in [7, 11) is 0. The SMILES string of the molecule is Cc1noc(C)c1C(C)NC(=O)C(N)CC(=O)O. The lowest BCUT2D eigenvalue weighted by Crippen LogP contribution is -2.43. The first kappa shape index (κ1) is 14.2. The average Bonchev–Trinajstić information content (AvgIpc) is 2.57. The second-order valence-electron chi connectivity index (χ2n) is 4.17. The molecule has 0 radical (unpaired) electrons. The maximum Gasteiger partial charge on any atom is 0.305 e. The Morgan fingerprint density at radius 3 is 2.56 bits per heavy atom. The summed E-state index contributed by atoms with van der Waals surface area (Å²) in [4.78, 5) is 22.1. The number of aromatic nitrogens is 1. The monoisotopic (exact) mass is 255 g/mol. The van der Waals surface area contributed by atoms with Crippen molar-refractivity contribution >= 4 is 11.9 Å². The molecule has 4 N–H and O–H groups in total. The number of aliphatic carboxylic acids is 1. The van der Waals surface area contributed by atoms with Crippen LogP contribution in [0.2, 0.25) is 0 Å². The van der Waals surface area contributed by atoms with E-state index >= 15 is 0 Å². The third-order valence-electron chi connectivity index (χ3n) is 2.61. The molecule has 1 rings (SSSR count). The van der Waals surface area contributed by atoms with Crippen molar-refractivity contribution in [3.63, 3.8) is 0 Å². The molecule has 1 aromatic rings. The molecule has 18 heavy (non-hydrogen) atoms. The highest BCUT2D eigenvalue weighted by molar-refractivity contribution is 5.86. The second kappa shape index (κ2) is 5.63. The highest BCUT2D eigenvalue weighted by Crippen LogP contribution is 2.20. The zero-order valence-corrected chi connectivity index (χ0v) is 10.6. The van der Waals surface area contributed by atoms with Crippen molar-refractivity contribution in [2.75, 3.05) is 0 Å². The number of rotatable bonds is 5. The quantitative estimate of drug-likeness (QED) is 0.695. The Bertz CT molecular complexity index is 436. The molecule has 0 saturated heterocycles. The molecule has 0 bridgehead atoms. The van der Waals surface area contributed by atoms with Gasteiger partial charge in [0.25, 0.3) is 0 Å². The Hall–Kier alpha value is -1.89. The molecule has 1 aromatic heterocycles. The van der Waals surface area contributed by atoms with Gasteiger partial charge in [0.2, 0.25) is 5.91 Å². The molecule has 2 atom stereocenters. The smallest absolute Gasteiger partial charge is 0.305 e. The fraction of sp³-hybridized carbons (Fsp3) is 0.545. The van der Waals surface area contributed by atoms with Gasteiger partial charge in [-0.2, -0.15) is 0 Å². The molecule has 0 fully saturated rings. The maximum atomic E-state index is 11.7. The van der Waals surface area contributed by atoms with E-state index in [1.54, 1.807) is 20.8 Å². The summed E-state index contributed by atoms with van der Waals surface area (Å²) in [5, 5.41) is 15.0. The molecule has 1 heterocycles. The minimum absolute atomic E-state index is 0.330. The minimum Gasteiger partial charge on any atom is -0.481 e. The molecular formula is C11H17N3O4. The average molecular weight is 255 g/mol. The van der Waals surface area contributed by atoms with Crippen LogP contribution in [0.4, 0.5) is 0 Å². The Balaban J connectivity index is 2.68. The lowest BCUT2D eigenvalue weighted by Gasteiger charge is -2.16.